The number of methoxy groups -OCH3 is 1. The molecule has 0 aliphatic rings. The number of phenolic OH excluding ortho intramolecular Hbond substituents is 1. The van der Waals surface area contributed by atoms with E-state index in [1.165, 1.54) is 0 Å². The number of benzene rings is 2. The van der Waals surface area contributed by atoms with Crippen LogP contribution in [0.15, 0.2) is 53.5 Å². The van der Waals surface area contributed by atoms with E-state index < -0.39 is 0 Å². The lowest BCUT2D eigenvalue weighted by Crippen LogP contribution is -2.38. The second-order valence-corrected chi connectivity index (χ2v) is 5.01. The van der Waals surface area contributed by atoms with Crippen LogP contribution in [0.25, 0.3) is 0 Å². The van der Waals surface area contributed by atoms with E-state index in [9.17, 15) is 5.11 Å². The first-order valence-electron chi connectivity index (χ1n) is 7.71. The Bertz CT molecular complexity index is 660. The van der Waals surface area contributed by atoms with Gasteiger partial charge < -0.3 is 25.2 Å². The quantitative estimate of drug-likeness (QED) is 0.412. The second kappa shape index (κ2) is 9.29. The molecule has 24 heavy (non-hydrogen) atoms. The average molecular weight is 329 g/mol. The minimum absolute atomic E-state index is 0.214. The Labute approximate surface area is 142 Å². The molecule has 0 aliphatic carbocycles. The third kappa shape index (κ3) is 5.39. The van der Waals surface area contributed by atoms with Crippen LogP contribution in [0, 0.1) is 0 Å². The summed E-state index contributed by atoms with van der Waals surface area (Å²) in [5.74, 6) is 2.38. The van der Waals surface area contributed by atoms with E-state index in [0.717, 1.165) is 11.3 Å². The zero-order chi connectivity index (χ0) is 17.2. The summed E-state index contributed by atoms with van der Waals surface area (Å²) in [4.78, 5) is 4.15. The van der Waals surface area contributed by atoms with E-state index in [0.29, 0.717) is 31.4 Å². The van der Waals surface area contributed by atoms with E-state index in [2.05, 4.69) is 15.6 Å². The van der Waals surface area contributed by atoms with Crippen molar-refractivity contribution >= 4 is 5.96 Å². The van der Waals surface area contributed by atoms with Crippen LogP contribution in [-0.2, 0) is 6.54 Å². The molecule has 0 aliphatic heterocycles. The molecule has 128 valence electrons. The van der Waals surface area contributed by atoms with E-state index >= 15 is 0 Å². The lowest BCUT2D eigenvalue weighted by molar-refractivity contribution is 0.322. The number of guanidine groups is 1. The maximum atomic E-state index is 9.88. The summed E-state index contributed by atoms with van der Waals surface area (Å²) in [6.45, 7) is 1.57. The Morgan fingerprint density at radius 3 is 2.58 bits per heavy atom. The van der Waals surface area contributed by atoms with Crippen LogP contribution < -0.4 is 20.1 Å². The monoisotopic (exact) mass is 329 g/mol. The van der Waals surface area contributed by atoms with E-state index in [1.807, 2.05) is 30.3 Å². The van der Waals surface area contributed by atoms with E-state index in [-0.39, 0.29) is 5.75 Å². The van der Waals surface area contributed by atoms with Crippen molar-refractivity contribution in [1.82, 2.24) is 10.6 Å². The Hall–Kier alpha value is -2.89. The van der Waals surface area contributed by atoms with Gasteiger partial charge in [-0.3, -0.25) is 4.99 Å². The number of hydrogen-bond acceptors (Lipinski definition) is 4. The van der Waals surface area contributed by atoms with Crippen molar-refractivity contribution in [3.05, 3.63) is 54.1 Å². The van der Waals surface area contributed by atoms with Crippen molar-refractivity contribution in [2.75, 3.05) is 27.3 Å². The minimum atomic E-state index is 0.214. The van der Waals surface area contributed by atoms with Crippen molar-refractivity contribution in [2.24, 2.45) is 4.99 Å². The van der Waals surface area contributed by atoms with E-state index in [4.69, 9.17) is 9.47 Å². The van der Waals surface area contributed by atoms with Crippen LogP contribution in [0.2, 0.25) is 0 Å². The van der Waals surface area contributed by atoms with Crippen molar-refractivity contribution in [3.8, 4) is 17.2 Å². The third-order valence-corrected chi connectivity index (χ3v) is 3.36. The van der Waals surface area contributed by atoms with Gasteiger partial charge >= 0.3 is 0 Å². The van der Waals surface area contributed by atoms with Gasteiger partial charge in [0.2, 0.25) is 0 Å². The second-order valence-electron chi connectivity index (χ2n) is 5.01. The maximum Gasteiger partial charge on any atom is 0.191 e. The Balaban J connectivity index is 1.76. The fraction of sp³-hybridized carbons (Fsp3) is 0.278. The molecule has 2 aromatic carbocycles. The number of nitrogens with zero attached hydrogens (tertiary/aromatic N) is 1. The normalized spacial score (nSPS) is 11.0. The molecule has 0 saturated carbocycles. The lowest BCUT2D eigenvalue weighted by Gasteiger charge is -2.13. The molecule has 0 amide bonds. The molecular weight excluding hydrogens is 306 g/mol. The number of rotatable bonds is 7. The number of nitrogens with one attached hydrogen (secondary N) is 2. The highest BCUT2D eigenvalue weighted by Gasteiger charge is 2.05. The number of aliphatic imine (C=N–C) groups is 1. The van der Waals surface area contributed by atoms with E-state index in [1.54, 1.807) is 32.4 Å². The molecule has 0 heterocycles. The van der Waals surface area contributed by atoms with Gasteiger partial charge in [-0.1, -0.05) is 18.2 Å². The highest BCUT2D eigenvalue weighted by Crippen LogP contribution is 2.22. The maximum absolute atomic E-state index is 9.88. The van der Waals surface area contributed by atoms with Gasteiger partial charge in [-0.2, -0.15) is 0 Å². The first kappa shape index (κ1) is 17.5. The molecule has 3 N–H and O–H groups in total. The fourth-order valence-corrected chi connectivity index (χ4v) is 2.09. The van der Waals surface area contributed by atoms with Crippen LogP contribution in [-0.4, -0.2) is 38.4 Å². The largest absolute Gasteiger partial charge is 0.508 e. The summed E-state index contributed by atoms with van der Waals surface area (Å²) in [7, 11) is 3.29. The number of para-hydroxylation sites is 1. The van der Waals surface area contributed by atoms with Gasteiger partial charge in [0.15, 0.2) is 5.96 Å². The summed E-state index contributed by atoms with van der Waals surface area (Å²) in [5.41, 5.74) is 0.734. The molecule has 0 aromatic heterocycles. The molecule has 0 saturated heterocycles. The van der Waals surface area contributed by atoms with Gasteiger partial charge in [-0.15, -0.1) is 0 Å². The standard InChI is InChI=1S/C18H23N3O3/c1-19-18(20-10-11-24-15-6-4-3-5-7-15)21-13-14-12-16(23-2)8-9-17(14)22/h3-9,12,22H,10-11,13H2,1-2H3,(H2,19,20,21). The molecule has 0 unspecified atom stereocenters. The summed E-state index contributed by atoms with van der Waals surface area (Å²) >= 11 is 0. The first-order chi connectivity index (χ1) is 11.7. The van der Waals surface area contributed by atoms with Crippen LogP contribution in [0.1, 0.15) is 5.56 Å². The van der Waals surface area contributed by atoms with Gasteiger partial charge in [-0.25, -0.2) is 0 Å². The SMILES string of the molecule is CN=C(NCCOc1ccccc1)NCc1cc(OC)ccc1O. The molecule has 2 aromatic rings. The Kier molecular flexibility index (Phi) is 6.76. The highest BCUT2D eigenvalue weighted by atomic mass is 16.5. The van der Waals surface area contributed by atoms with Crippen LogP contribution in [0.5, 0.6) is 17.2 Å². The first-order valence-corrected chi connectivity index (χ1v) is 7.71. The lowest BCUT2D eigenvalue weighted by atomic mass is 10.2. The summed E-state index contributed by atoms with van der Waals surface area (Å²) < 4.78 is 10.8. The van der Waals surface area contributed by atoms with Gasteiger partial charge in [0.25, 0.3) is 0 Å². The van der Waals surface area contributed by atoms with Gasteiger partial charge in [-0.05, 0) is 30.3 Å². The van der Waals surface area contributed by atoms with Gasteiger partial charge in [0, 0.05) is 19.2 Å². The zero-order valence-corrected chi connectivity index (χ0v) is 14.0. The molecular formula is C18H23N3O3. The Morgan fingerprint density at radius 1 is 1.08 bits per heavy atom. The molecule has 0 spiro atoms. The molecule has 6 nitrogen and oxygen atoms in total. The smallest absolute Gasteiger partial charge is 0.191 e. The molecule has 0 bridgehead atoms. The third-order valence-electron chi connectivity index (χ3n) is 3.36. The molecule has 0 radical (unpaired) electrons. The fourth-order valence-electron chi connectivity index (χ4n) is 2.09. The minimum Gasteiger partial charge on any atom is -0.508 e. The van der Waals surface area contributed by atoms with Crippen molar-refractivity contribution < 1.29 is 14.6 Å². The van der Waals surface area contributed by atoms with Crippen molar-refractivity contribution in [1.29, 1.82) is 0 Å². The highest BCUT2D eigenvalue weighted by molar-refractivity contribution is 5.79. The number of ether oxygens (including phenoxy) is 2. The number of hydrogen-bond donors (Lipinski definition) is 3. The number of phenols is 1. The van der Waals surface area contributed by atoms with Crippen molar-refractivity contribution in [3.63, 3.8) is 0 Å². The molecule has 0 fully saturated rings. The Morgan fingerprint density at radius 2 is 1.88 bits per heavy atom. The zero-order valence-electron chi connectivity index (χ0n) is 14.0. The van der Waals surface area contributed by atoms with Crippen LogP contribution >= 0.6 is 0 Å². The van der Waals surface area contributed by atoms with Gasteiger partial charge in [0.05, 0.1) is 13.7 Å². The average Bonchev–Trinajstić information content (AvgIpc) is 2.63. The van der Waals surface area contributed by atoms with Crippen LogP contribution in [0.3, 0.4) is 0 Å². The van der Waals surface area contributed by atoms with Crippen molar-refractivity contribution in [2.45, 2.75) is 6.54 Å². The summed E-state index contributed by atoms with van der Waals surface area (Å²) in [6, 6.07) is 14.8. The molecule has 6 heteroatoms. The summed E-state index contributed by atoms with van der Waals surface area (Å²) in [6.07, 6.45) is 0. The predicted molar refractivity (Wildman–Crippen MR) is 94.8 cm³/mol. The predicted octanol–water partition coefficient (Wildman–Crippen LogP) is 2.14. The summed E-state index contributed by atoms with van der Waals surface area (Å²) in [5, 5.41) is 16.2. The topological polar surface area (TPSA) is 75.1 Å². The number of aromatic hydroxyl groups is 1. The van der Waals surface area contributed by atoms with Gasteiger partial charge in [0.1, 0.15) is 23.9 Å². The van der Waals surface area contributed by atoms with Crippen LogP contribution in [0.4, 0.5) is 0 Å². The molecule has 0 atom stereocenters. The molecule has 2 rings (SSSR count).